The summed E-state index contributed by atoms with van der Waals surface area (Å²) in [6.07, 6.45) is 2.16. The molecule has 0 saturated carbocycles. The number of likely N-dealkylation sites (tertiary alicyclic amines) is 1. The van der Waals surface area contributed by atoms with Crippen LogP contribution in [0.5, 0.6) is 0 Å². The van der Waals surface area contributed by atoms with Gasteiger partial charge < -0.3 is 5.11 Å². The van der Waals surface area contributed by atoms with Gasteiger partial charge in [-0.25, -0.2) is 4.79 Å². The zero-order chi connectivity index (χ0) is 20.3. The van der Waals surface area contributed by atoms with Crippen LogP contribution in [-0.4, -0.2) is 45.8 Å². The number of hydrogen-bond acceptors (Lipinski definition) is 4. The molecule has 2 amide bonds. The van der Waals surface area contributed by atoms with Gasteiger partial charge in [-0.15, -0.1) is 0 Å². The van der Waals surface area contributed by atoms with E-state index in [0.29, 0.717) is 5.75 Å². The molecule has 0 aromatic heterocycles. The van der Waals surface area contributed by atoms with Crippen molar-refractivity contribution in [3.05, 3.63) is 70.8 Å². The van der Waals surface area contributed by atoms with Gasteiger partial charge in [-0.1, -0.05) is 48.5 Å². The fourth-order valence-corrected chi connectivity index (χ4v) is 6.06. The van der Waals surface area contributed by atoms with Crippen LogP contribution in [0.25, 0.3) is 0 Å². The summed E-state index contributed by atoms with van der Waals surface area (Å²) < 4.78 is 0. The molecule has 148 valence electrons. The zero-order valence-corrected chi connectivity index (χ0v) is 16.8. The quantitative estimate of drug-likeness (QED) is 0.771. The van der Waals surface area contributed by atoms with Crippen LogP contribution in [0.3, 0.4) is 0 Å². The lowest BCUT2D eigenvalue weighted by Crippen LogP contribution is -2.46. The molecule has 1 N–H and O–H groups in total. The lowest BCUT2D eigenvalue weighted by atomic mass is 9.55. The maximum atomic E-state index is 13.5. The Morgan fingerprint density at radius 2 is 1.34 bits per heavy atom. The number of carbonyl (C=O) groups is 3. The first kappa shape index (κ1) is 18.4. The lowest BCUT2D eigenvalue weighted by Gasteiger charge is -2.45. The molecular formula is C23H21NO4S. The first-order valence-electron chi connectivity index (χ1n) is 9.82. The Bertz CT molecular complexity index is 920. The highest BCUT2D eigenvalue weighted by Gasteiger charge is 2.62. The van der Waals surface area contributed by atoms with Crippen molar-refractivity contribution in [3.63, 3.8) is 0 Å². The van der Waals surface area contributed by atoms with E-state index in [1.165, 1.54) is 11.8 Å². The van der Waals surface area contributed by atoms with Crippen LogP contribution in [-0.2, 0) is 14.4 Å². The second-order valence-electron chi connectivity index (χ2n) is 7.95. The molecule has 6 heteroatoms. The van der Waals surface area contributed by atoms with Gasteiger partial charge in [0.05, 0.1) is 11.8 Å². The number of carboxylic acids is 1. The molecule has 0 unspecified atom stereocenters. The third kappa shape index (κ3) is 2.45. The van der Waals surface area contributed by atoms with E-state index in [1.807, 2.05) is 54.8 Å². The minimum Gasteiger partial charge on any atom is -0.480 e. The van der Waals surface area contributed by atoms with E-state index in [-0.39, 0.29) is 30.1 Å². The number of nitrogens with zero attached hydrogens (tertiary/aromatic N) is 1. The van der Waals surface area contributed by atoms with Gasteiger partial charge in [0.25, 0.3) is 0 Å². The van der Waals surface area contributed by atoms with Crippen molar-refractivity contribution in [3.8, 4) is 0 Å². The third-order valence-corrected chi connectivity index (χ3v) is 7.32. The number of rotatable bonds is 5. The van der Waals surface area contributed by atoms with Gasteiger partial charge in [-0.3, -0.25) is 14.5 Å². The molecule has 1 saturated heterocycles. The number of thioether (sulfide) groups is 1. The van der Waals surface area contributed by atoms with Crippen molar-refractivity contribution >= 4 is 29.5 Å². The minimum absolute atomic E-state index is 0.200. The monoisotopic (exact) mass is 407 g/mol. The van der Waals surface area contributed by atoms with Crippen LogP contribution in [0, 0.1) is 11.8 Å². The third-order valence-electron chi connectivity index (χ3n) is 6.67. The van der Waals surface area contributed by atoms with Crippen LogP contribution in [0.15, 0.2) is 48.5 Å². The topological polar surface area (TPSA) is 74.7 Å². The molecule has 1 aliphatic heterocycles. The van der Waals surface area contributed by atoms with Crippen LogP contribution >= 0.6 is 11.8 Å². The maximum absolute atomic E-state index is 13.5. The van der Waals surface area contributed by atoms with Crippen molar-refractivity contribution < 1.29 is 19.5 Å². The fraction of sp³-hybridized carbons (Fsp3) is 0.348. The molecule has 2 bridgehead atoms. The molecule has 1 heterocycles. The van der Waals surface area contributed by atoms with Crippen molar-refractivity contribution in [2.75, 3.05) is 12.0 Å². The van der Waals surface area contributed by atoms with E-state index in [1.54, 1.807) is 0 Å². The van der Waals surface area contributed by atoms with E-state index in [0.717, 1.165) is 27.2 Å². The summed E-state index contributed by atoms with van der Waals surface area (Å²) in [6, 6.07) is 14.9. The Labute approximate surface area is 173 Å². The molecule has 1 fully saturated rings. The molecule has 0 radical (unpaired) electrons. The molecule has 2 aromatic rings. The summed E-state index contributed by atoms with van der Waals surface area (Å²) in [7, 11) is 0. The summed E-state index contributed by atoms with van der Waals surface area (Å²) in [6.45, 7) is 0. The summed E-state index contributed by atoms with van der Waals surface area (Å²) in [5, 5.41) is 9.77. The number of benzene rings is 2. The first-order valence-corrected chi connectivity index (χ1v) is 11.2. The van der Waals surface area contributed by atoms with E-state index < -0.39 is 23.8 Å². The highest BCUT2D eigenvalue weighted by Crippen LogP contribution is 2.61. The highest BCUT2D eigenvalue weighted by atomic mass is 32.2. The Hall–Kier alpha value is -2.60. The van der Waals surface area contributed by atoms with E-state index >= 15 is 0 Å². The highest BCUT2D eigenvalue weighted by molar-refractivity contribution is 7.98. The molecule has 5 nitrogen and oxygen atoms in total. The number of hydrogen-bond donors (Lipinski definition) is 1. The van der Waals surface area contributed by atoms with Gasteiger partial charge in [0.1, 0.15) is 6.04 Å². The van der Waals surface area contributed by atoms with Gasteiger partial charge in [0.2, 0.25) is 11.8 Å². The molecule has 3 aliphatic carbocycles. The van der Waals surface area contributed by atoms with E-state index in [9.17, 15) is 19.5 Å². The molecule has 6 rings (SSSR count). The summed E-state index contributed by atoms with van der Waals surface area (Å²) in [5.41, 5.74) is 4.38. The Balaban J connectivity index is 1.65. The predicted octanol–water partition coefficient (Wildman–Crippen LogP) is 3.08. The molecule has 4 aliphatic rings. The fourth-order valence-electron chi connectivity index (χ4n) is 5.60. The van der Waals surface area contributed by atoms with Gasteiger partial charge in [-0.05, 0) is 40.7 Å². The average Bonchev–Trinajstić information content (AvgIpc) is 3.00. The minimum atomic E-state index is -1.11. The van der Waals surface area contributed by atoms with Crippen molar-refractivity contribution in [1.29, 1.82) is 0 Å². The Kier molecular flexibility index (Phi) is 4.28. The van der Waals surface area contributed by atoms with Gasteiger partial charge in [-0.2, -0.15) is 11.8 Å². The Morgan fingerprint density at radius 3 is 1.69 bits per heavy atom. The summed E-state index contributed by atoms with van der Waals surface area (Å²) in [4.78, 5) is 40.0. The van der Waals surface area contributed by atoms with Crippen LogP contribution in [0.2, 0.25) is 0 Å². The smallest absolute Gasteiger partial charge is 0.326 e. The molecule has 0 spiro atoms. The van der Waals surface area contributed by atoms with Gasteiger partial charge in [0, 0.05) is 11.8 Å². The largest absolute Gasteiger partial charge is 0.480 e. The Morgan fingerprint density at radius 1 is 0.931 bits per heavy atom. The van der Waals surface area contributed by atoms with Crippen LogP contribution < -0.4 is 0 Å². The van der Waals surface area contributed by atoms with Gasteiger partial charge >= 0.3 is 5.97 Å². The molecule has 2 aromatic carbocycles. The predicted molar refractivity (Wildman–Crippen MR) is 110 cm³/mol. The average molecular weight is 407 g/mol. The standard InChI is InChI=1S/C23H21NO4S/c1-29-11-10-16(23(27)28)24-21(25)19-17-12-6-2-3-7-13(12)18(20(19)22(24)26)15-9-5-4-8-14(15)17/h2-9,16-20H,10-11H2,1H3,(H,27,28)/t16-,17?,18?,19-,20-/m0/s1. The SMILES string of the molecule is CSCC[C@@H](C(=O)O)N1C(=O)[C@H]2C3c4ccccc4C(c4ccccc43)[C@@H]2C1=O. The summed E-state index contributed by atoms with van der Waals surface area (Å²) >= 11 is 1.51. The molecular weight excluding hydrogens is 386 g/mol. The molecule has 29 heavy (non-hydrogen) atoms. The zero-order valence-electron chi connectivity index (χ0n) is 15.9. The second-order valence-corrected chi connectivity index (χ2v) is 8.93. The van der Waals surface area contributed by atoms with Gasteiger partial charge in [0.15, 0.2) is 0 Å². The molecule has 3 atom stereocenters. The van der Waals surface area contributed by atoms with Crippen molar-refractivity contribution in [2.45, 2.75) is 24.3 Å². The van der Waals surface area contributed by atoms with Crippen molar-refractivity contribution in [2.24, 2.45) is 11.8 Å². The maximum Gasteiger partial charge on any atom is 0.326 e. The van der Waals surface area contributed by atoms with Crippen LogP contribution in [0.4, 0.5) is 0 Å². The number of amides is 2. The van der Waals surface area contributed by atoms with E-state index in [2.05, 4.69) is 0 Å². The summed E-state index contributed by atoms with van der Waals surface area (Å²) in [5.74, 6) is -2.62. The normalized spacial score (nSPS) is 27.4. The first-order chi connectivity index (χ1) is 14.1. The van der Waals surface area contributed by atoms with Crippen molar-refractivity contribution in [1.82, 2.24) is 4.90 Å². The number of carbonyl (C=O) groups excluding carboxylic acids is 2. The van der Waals surface area contributed by atoms with E-state index in [4.69, 9.17) is 0 Å². The number of carboxylic acid groups (broad SMARTS) is 1. The second kappa shape index (κ2) is 6.73. The number of aliphatic carboxylic acids is 1. The lowest BCUT2D eigenvalue weighted by molar-refractivity contribution is -0.155. The van der Waals surface area contributed by atoms with Crippen LogP contribution in [0.1, 0.15) is 40.5 Å². The number of imide groups is 1.